The van der Waals surface area contributed by atoms with Gasteiger partial charge in [0.15, 0.2) is 16.6 Å². The largest absolute Gasteiger partial charge is 0.504 e. The molecule has 0 amide bonds. The molecule has 0 bridgehead atoms. The molecule has 3 nitrogen and oxygen atoms in total. The fourth-order valence-electron chi connectivity index (χ4n) is 1.17. The van der Waals surface area contributed by atoms with Gasteiger partial charge in [0.25, 0.3) is 0 Å². The monoisotopic (exact) mass is 250 g/mol. The highest BCUT2D eigenvalue weighted by Gasteiger charge is 2.00. The number of phenols is 1. The molecule has 0 saturated carbocycles. The number of rotatable bonds is 3. The lowest BCUT2D eigenvalue weighted by Crippen LogP contribution is -1.85. The predicted octanol–water partition coefficient (Wildman–Crippen LogP) is 2.42. The van der Waals surface area contributed by atoms with Crippen molar-refractivity contribution in [2.45, 2.75) is 13.3 Å². The van der Waals surface area contributed by atoms with Gasteiger partial charge in [-0.1, -0.05) is 23.6 Å². The maximum absolute atomic E-state index is 10.7. The molecule has 0 heterocycles. The molecule has 0 aliphatic rings. The van der Waals surface area contributed by atoms with Gasteiger partial charge in [0, 0.05) is 24.7 Å². The summed E-state index contributed by atoms with van der Waals surface area (Å²) in [5.41, 5.74) is 0.785. The molecule has 4 heteroatoms. The van der Waals surface area contributed by atoms with E-state index in [9.17, 15) is 9.90 Å². The topological polar surface area (TPSA) is 46.5 Å². The first-order valence-corrected chi connectivity index (χ1v) is 6.11. The van der Waals surface area contributed by atoms with Crippen molar-refractivity contribution in [2.75, 3.05) is 12.9 Å². The van der Waals surface area contributed by atoms with E-state index in [1.165, 1.54) is 18.9 Å². The Morgan fingerprint density at radius 1 is 1.53 bits per heavy atom. The zero-order valence-electron chi connectivity index (χ0n) is 9.82. The van der Waals surface area contributed by atoms with E-state index in [1.54, 1.807) is 25.1 Å². The van der Waals surface area contributed by atoms with Crippen molar-refractivity contribution in [3.05, 3.63) is 23.8 Å². The molecule has 90 valence electrons. The van der Waals surface area contributed by atoms with E-state index in [0.717, 1.165) is 5.56 Å². The maximum atomic E-state index is 10.7. The van der Waals surface area contributed by atoms with E-state index >= 15 is 0 Å². The number of hydrogen-bond donors (Lipinski definition) is 1. The standard InChI is InChI=1S/C13H14O3S/c1-10(14)17-8-4-3-5-11-6-7-12(15)13(9-11)16-2/h6-7,9,15H,4,8H2,1-2H3. The molecular formula is C13H14O3S. The van der Waals surface area contributed by atoms with Crippen LogP contribution in [0, 0.1) is 11.8 Å². The highest BCUT2D eigenvalue weighted by molar-refractivity contribution is 8.13. The van der Waals surface area contributed by atoms with Crippen molar-refractivity contribution in [1.82, 2.24) is 0 Å². The highest BCUT2D eigenvalue weighted by atomic mass is 32.2. The number of ether oxygens (including phenoxy) is 1. The third-order valence-electron chi connectivity index (χ3n) is 1.94. The second kappa shape index (κ2) is 6.87. The fourth-order valence-corrected chi connectivity index (χ4v) is 1.66. The van der Waals surface area contributed by atoms with Gasteiger partial charge in [-0.3, -0.25) is 4.79 Å². The molecule has 0 radical (unpaired) electrons. The molecule has 17 heavy (non-hydrogen) atoms. The molecule has 0 aliphatic heterocycles. The Balaban J connectivity index is 2.57. The van der Waals surface area contributed by atoms with Crippen molar-refractivity contribution < 1.29 is 14.6 Å². The number of methoxy groups -OCH3 is 1. The smallest absolute Gasteiger partial charge is 0.185 e. The van der Waals surface area contributed by atoms with Gasteiger partial charge in [-0.05, 0) is 18.2 Å². The third-order valence-corrected chi connectivity index (χ3v) is 2.76. The summed E-state index contributed by atoms with van der Waals surface area (Å²) in [7, 11) is 1.50. The van der Waals surface area contributed by atoms with Gasteiger partial charge in [-0.25, -0.2) is 0 Å². The summed E-state index contributed by atoms with van der Waals surface area (Å²) in [6, 6.07) is 4.95. The van der Waals surface area contributed by atoms with E-state index < -0.39 is 0 Å². The number of benzene rings is 1. The van der Waals surface area contributed by atoms with Crippen LogP contribution in [0.1, 0.15) is 18.9 Å². The first kappa shape index (κ1) is 13.5. The molecule has 1 rings (SSSR count). The number of carbonyl (C=O) groups is 1. The molecule has 1 aromatic carbocycles. The number of phenolic OH excluding ortho intramolecular Hbond substituents is 1. The fraction of sp³-hybridized carbons (Fsp3) is 0.308. The lowest BCUT2D eigenvalue weighted by molar-refractivity contribution is -0.109. The second-order valence-electron chi connectivity index (χ2n) is 3.28. The third kappa shape index (κ3) is 4.83. The summed E-state index contributed by atoms with van der Waals surface area (Å²) in [5, 5.41) is 9.50. The molecule has 0 unspecified atom stereocenters. The van der Waals surface area contributed by atoms with Gasteiger partial charge < -0.3 is 9.84 Å². The van der Waals surface area contributed by atoms with Crippen LogP contribution in [0.2, 0.25) is 0 Å². The zero-order chi connectivity index (χ0) is 12.7. The Morgan fingerprint density at radius 2 is 2.29 bits per heavy atom. The van der Waals surface area contributed by atoms with Crippen LogP contribution in [0.5, 0.6) is 11.5 Å². The quantitative estimate of drug-likeness (QED) is 0.661. The van der Waals surface area contributed by atoms with Crippen LogP contribution < -0.4 is 4.74 Å². The second-order valence-corrected chi connectivity index (χ2v) is 4.55. The van der Waals surface area contributed by atoms with Gasteiger partial charge in [0.05, 0.1) is 7.11 Å². The van der Waals surface area contributed by atoms with E-state index in [4.69, 9.17) is 4.74 Å². The first-order valence-electron chi connectivity index (χ1n) is 5.12. The number of thioether (sulfide) groups is 1. The number of aromatic hydroxyl groups is 1. The SMILES string of the molecule is COc1cc(C#CCCSC(C)=O)ccc1O. The van der Waals surface area contributed by atoms with Gasteiger partial charge in [0.2, 0.25) is 0 Å². The molecule has 0 saturated heterocycles. The highest BCUT2D eigenvalue weighted by Crippen LogP contribution is 2.25. The average Bonchev–Trinajstić information content (AvgIpc) is 2.30. The van der Waals surface area contributed by atoms with Crippen LogP contribution in [-0.2, 0) is 4.79 Å². The summed E-state index contributed by atoms with van der Waals surface area (Å²) in [6.07, 6.45) is 0.660. The summed E-state index contributed by atoms with van der Waals surface area (Å²) < 4.78 is 4.98. The van der Waals surface area contributed by atoms with Crippen LogP contribution >= 0.6 is 11.8 Å². The summed E-state index contributed by atoms with van der Waals surface area (Å²) >= 11 is 1.27. The number of carbonyl (C=O) groups excluding carboxylic acids is 1. The summed E-state index contributed by atoms with van der Waals surface area (Å²) in [5.74, 6) is 7.14. The molecular weight excluding hydrogens is 236 g/mol. The van der Waals surface area contributed by atoms with Crippen molar-refractivity contribution in [3.63, 3.8) is 0 Å². The van der Waals surface area contributed by atoms with E-state index in [-0.39, 0.29) is 10.9 Å². The summed E-state index contributed by atoms with van der Waals surface area (Å²) in [4.78, 5) is 10.7. The Morgan fingerprint density at radius 3 is 2.94 bits per heavy atom. The molecule has 0 fully saturated rings. The summed E-state index contributed by atoms with van der Waals surface area (Å²) in [6.45, 7) is 1.54. The molecule has 1 aromatic rings. The molecule has 0 atom stereocenters. The predicted molar refractivity (Wildman–Crippen MR) is 69.3 cm³/mol. The lowest BCUT2D eigenvalue weighted by Gasteiger charge is -2.02. The first-order chi connectivity index (χ1) is 8.13. The molecule has 1 N–H and O–H groups in total. The van der Waals surface area contributed by atoms with Crippen molar-refractivity contribution in [3.8, 4) is 23.3 Å². The minimum absolute atomic E-state index is 0.102. The van der Waals surface area contributed by atoms with Crippen molar-refractivity contribution >= 4 is 16.9 Å². The van der Waals surface area contributed by atoms with E-state index in [0.29, 0.717) is 17.9 Å². The minimum atomic E-state index is 0.102. The van der Waals surface area contributed by atoms with Gasteiger partial charge >= 0.3 is 0 Å². The Hall–Kier alpha value is -1.60. The molecule has 0 aliphatic carbocycles. The van der Waals surface area contributed by atoms with Gasteiger partial charge in [-0.15, -0.1) is 0 Å². The number of hydrogen-bond acceptors (Lipinski definition) is 4. The van der Waals surface area contributed by atoms with Crippen LogP contribution in [-0.4, -0.2) is 23.1 Å². The molecule has 0 spiro atoms. The van der Waals surface area contributed by atoms with Gasteiger partial charge in [-0.2, -0.15) is 0 Å². The zero-order valence-corrected chi connectivity index (χ0v) is 10.6. The van der Waals surface area contributed by atoms with Gasteiger partial charge in [0.1, 0.15) is 0 Å². The Bertz CT molecular complexity index is 457. The van der Waals surface area contributed by atoms with Crippen molar-refractivity contribution in [2.24, 2.45) is 0 Å². The minimum Gasteiger partial charge on any atom is -0.504 e. The van der Waals surface area contributed by atoms with Crippen LogP contribution in [0.3, 0.4) is 0 Å². The Labute approximate surface area is 105 Å². The Kier molecular flexibility index (Phi) is 5.44. The van der Waals surface area contributed by atoms with E-state index in [1.807, 2.05) is 0 Å². The molecule has 0 aromatic heterocycles. The van der Waals surface area contributed by atoms with E-state index in [2.05, 4.69) is 11.8 Å². The normalized spacial score (nSPS) is 9.29. The average molecular weight is 250 g/mol. The van der Waals surface area contributed by atoms with Crippen LogP contribution in [0.15, 0.2) is 18.2 Å². The van der Waals surface area contributed by atoms with Crippen LogP contribution in [0.4, 0.5) is 0 Å². The maximum Gasteiger partial charge on any atom is 0.185 e. The lowest BCUT2D eigenvalue weighted by atomic mass is 10.2. The van der Waals surface area contributed by atoms with Crippen molar-refractivity contribution in [1.29, 1.82) is 0 Å². The van der Waals surface area contributed by atoms with Crippen LogP contribution in [0.25, 0.3) is 0 Å².